The Morgan fingerprint density at radius 1 is 1.21 bits per heavy atom. The summed E-state index contributed by atoms with van der Waals surface area (Å²) >= 11 is 0. The van der Waals surface area contributed by atoms with Crippen LogP contribution in [0, 0.1) is 11.6 Å². The molecule has 7 nitrogen and oxygen atoms in total. The van der Waals surface area contributed by atoms with Crippen molar-refractivity contribution in [1.29, 1.82) is 0 Å². The maximum atomic E-state index is 15.5. The minimum atomic E-state index is -3.84. The summed E-state index contributed by atoms with van der Waals surface area (Å²) in [4.78, 5) is 15.6. The van der Waals surface area contributed by atoms with Crippen molar-refractivity contribution in [2.75, 3.05) is 13.7 Å². The zero-order chi connectivity index (χ0) is 24.1. The minimum absolute atomic E-state index is 0.0234. The van der Waals surface area contributed by atoms with Crippen molar-refractivity contribution in [2.24, 2.45) is 0 Å². The van der Waals surface area contributed by atoms with Crippen LogP contribution in [0.4, 0.5) is 17.6 Å². The first-order chi connectivity index (χ1) is 15.5. The second kappa shape index (κ2) is 7.84. The molecule has 4 rings (SSSR count). The molecule has 0 bridgehead atoms. The molecule has 3 heterocycles. The summed E-state index contributed by atoms with van der Waals surface area (Å²) in [6, 6.07) is 4.57. The highest BCUT2D eigenvalue weighted by atomic mass is 19.3. The second-order valence-corrected chi connectivity index (χ2v) is 8.41. The molecule has 0 radical (unpaired) electrons. The molecule has 0 aliphatic heterocycles. The minimum Gasteiger partial charge on any atom is -0.481 e. The lowest BCUT2D eigenvalue weighted by atomic mass is 9.85. The van der Waals surface area contributed by atoms with Crippen LogP contribution in [-0.4, -0.2) is 44.5 Å². The van der Waals surface area contributed by atoms with Gasteiger partial charge in [-0.2, -0.15) is 5.10 Å². The number of aromatic nitrogens is 4. The number of carboxylic acids is 1. The van der Waals surface area contributed by atoms with Gasteiger partial charge in [0, 0.05) is 35.4 Å². The number of methoxy groups -OCH3 is 1. The van der Waals surface area contributed by atoms with Crippen LogP contribution in [0.15, 0.2) is 30.5 Å². The standard InChI is InChI=1S/C22H20F4N4O3/c1-21(2,10-33-3)19-17(22(25,26)8-16(31)32)18-15(6-11-9-27-29-20(11)28-18)30(19)12-4-5-13(23)14(24)7-12/h4-7,9H,8,10H2,1-3H3,(H,31,32)(H,27,28,29). The van der Waals surface area contributed by atoms with Crippen molar-refractivity contribution in [3.63, 3.8) is 0 Å². The zero-order valence-corrected chi connectivity index (χ0v) is 17.9. The van der Waals surface area contributed by atoms with Crippen LogP contribution >= 0.6 is 0 Å². The molecule has 0 unspecified atom stereocenters. The molecule has 3 aromatic heterocycles. The first kappa shape index (κ1) is 22.7. The van der Waals surface area contributed by atoms with Gasteiger partial charge in [0.2, 0.25) is 0 Å². The highest BCUT2D eigenvalue weighted by molar-refractivity contribution is 5.94. The number of nitrogens with one attached hydrogen (secondary N) is 1. The van der Waals surface area contributed by atoms with Gasteiger partial charge in [-0.05, 0) is 18.2 Å². The topological polar surface area (TPSA) is 93.0 Å². The normalized spacial score (nSPS) is 12.7. The smallest absolute Gasteiger partial charge is 0.309 e. The summed E-state index contributed by atoms with van der Waals surface area (Å²) < 4.78 is 65.5. The quantitative estimate of drug-likeness (QED) is 0.388. The van der Waals surface area contributed by atoms with Crippen LogP contribution in [0.3, 0.4) is 0 Å². The molecule has 4 aromatic rings. The van der Waals surface area contributed by atoms with E-state index >= 15 is 8.78 Å². The van der Waals surface area contributed by atoms with E-state index in [1.807, 2.05) is 0 Å². The number of benzene rings is 1. The van der Waals surface area contributed by atoms with Gasteiger partial charge in [0.15, 0.2) is 17.3 Å². The van der Waals surface area contributed by atoms with Gasteiger partial charge < -0.3 is 14.4 Å². The van der Waals surface area contributed by atoms with Gasteiger partial charge in [0.05, 0.1) is 23.9 Å². The van der Waals surface area contributed by atoms with E-state index in [1.165, 1.54) is 30.0 Å². The Morgan fingerprint density at radius 2 is 1.94 bits per heavy atom. The number of carboxylic acid groups (broad SMARTS) is 1. The molecule has 11 heteroatoms. The number of rotatable bonds is 7. The van der Waals surface area contributed by atoms with E-state index < -0.39 is 40.9 Å². The Bertz CT molecular complexity index is 1380. The van der Waals surface area contributed by atoms with Gasteiger partial charge in [-0.1, -0.05) is 13.8 Å². The molecular formula is C22H20F4N4O3. The predicted molar refractivity (Wildman–Crippen MR) is 112 cm³/mol. The molecule has 33 heavy (non-hydrogen) atoms. The largest absolute Gasteiger partial charge is 0.481 e. The van der Waals surface area contributed by atoms with Crippen LogP contribution in [-0.2, 0) is 20.9 Å². The van der Waals surface area contributed by atoms with Crippen molar-refractivity contribution in [2.45, 2.75) is 31.6 Å². The lowest BCUT2D eigenvalue weighted by Crippen LogP contribution is -2.31. The number of aliphatic carboxylic acids is 1. The fourth-order valence-electron chi connectivity index (χ4n) is 4.15. The predicted octanol–water partition coefficient (Wildman–Crippen LogP) is 4.67. The van der Waals surface area contributed by atoms with Crippen molar-refractivity contribution >= 4 is 28.0 Å². The third kappa shape index (κ3) is 3.82. The molecular weight excluding hydrogens is 444 g/mol. The van der Waals surface area contributed by atoms with Gasteiger partial charge >= 0.3 is 5.97 Å². The monoisotopic (exact) mass is 464 g/mol. The van der Waals surface area contributed by atoms with Crippen LogP contribution < -0.4 is 0 Å². The number of alkyl halides is 2. The van der Waals surface area contributed by atoms with Gasteiger partial charge in [0.1, 0.15) is 11.9 Å². The molecule has 0 aliphatic rings. The van der Waals surface area contributed by atoms with Crippen LogP contribution in [0.1, 0.15) is 31.5 Å². The Hall–Kier alpha value is -3.47. The van der Waals surface area contributed by atoms with Gasteiger partial charge in [-0.15, -0.1) is 0 Å². The average molecular weight is 464 g/mol. The summed E-state index contributed by atoms with van der Waals surface area (Å²) in [5.41, 5.74) is -1.48. The van der Waals surface area contributed by atoms with E-state index in [1.54, 1.807) is 13.8 Å². The summed E-state index contributed by atoms with van der Waals surface area (Å²) in [6.45, 7) is 3.24. The number of halogens is 4. The van der Waals surface area contributed by atoms with Gasteiger partial charge in [-0.25, -0.2) is 22.5 Å². The summed E-state index contributed by atoms with van der Waals surface area (Å²) in [5, 5.41) is 16.1. The molecule has 0 amide bonds. The number of H-pyrrole nitrogens is 1. The number of carbonyl (C=O) groups is 1. The number of hydrogen-bond donors (Lipinski definition) is 2. The van der Waals surface area contributed by atoms with Crippen molar-refractivity contribution in [1.82, 2.24) is 19.7 Å². The van der Waals surface area contributed by atoms with Crippen molar-refractivity contribution < 1.29 is 32.2 Å². The van der Waals surface area contributed by atoms with E-state index in [-0.39, 0.29) is 34.7 Å². The Kier molecular flexibility index (Phi) is 5.39. The van der Waals surface area contributed by atoms with E-state index in [0.717, 1.165) is 12.1 Å². The lowest BCUT2D eigenvalue weighted by Gasteiger charge is -2.29. The Morgan fingerprint density at radius 3 is 2.58 bits per heavy atom. The van der Waals surface area contributed by atoms with Crippen LogP contribution in [0.2, 0.25) is 0 Å². The summed E-state index contributed by atoms with van der Waals surface area (Å²) in [7, 11) is 1.40. The molecule has 0 atom stereocenters. The van der Waals surface area contributed by atoms with Gasteiger partial charge in [0.25, 0.3) is 5.92 Å². The molecule has 0 aliphatic carbocycles. The average Bonchev–Trinajstić information content (AvgIpc) is 3.29. The van der Waals surface area contributed by atoms with E-state index in [9.17, 15) is 13.6 Å². The maximum absolute atomic E-state index is 15.5. The number of aromatic amines is 1. The zero-order valence-electron chi connectivity index (χ0n) is 17.9. The fourth-order valence-corrected chi connectivity index (χ4v) is 4.15. The maximum Gasteiger partial charge on any atom is 0.309 e. The van der Waals surface area contributed by atoms with Crippen molar-refractivity contribution in [3.8, 4) is 5.69 Å². The van der Waals surface area contributed by atoms with Crippen molar-refractivity contribution in [3.05, 3.63) is 53.4 Å². The first-order valence-corrected chi connectivity index (χ1v) is 9.90. The first-order valence-electron chi connectivity index (χ1n) is 9.90. The number of nitrogens with zero attached hydrogens (tertiary/aromatic N) is 3. The fraction of sp³-hybridized carbons (Fsp3) is 0.318. The molecule has 0 saturated heterocycles. The summed E-state index contributed by atoms with van der Waals surface area (Å²) in [5.74, 6) is -7.80. The van der Waals surface area contributed by atoms with Crippen LogP contribution in [0.5, 0.6) is 0 Å². The van der Waals surface area contributed by atoms with Crippen LogP contribution in [0.25, 0.3) is 27.8 Å². The third-order valence-electron chi connectivity index (χ3n) is 5.39. The second-order valence-electron chi connectivity index (χ2n) is 8.41. The molecule has 2 N–H and O–H groups in total. The van der Waals surface area contributed by atoms with E-state index in [2.05, 4.69) is 15.2 Å². The molecule has 174 valence electrons. The molecule has 0 fully saturated rings. The number of fused-ring (bicyclic) bond motifs is 2. The Labute approximate surface area is 185 Å². The van der Waals surface area contributed by atoms with E-state index in [4.69, 9.17) is 9.84 Å². The van der Waals surface area contributed by atoms with Gasteiger partial charge in [-0.3, -0.25) is 9.89 Å². The number of ether oxygens (including phenoxy) is 1. The SMILES string of the molecule is COCC(C)(C)c1c(C(F)(F)CC(=O)O)c2nc3[nH]ncc3cc2n1-c1ccc(F)c(F)c1. The lowest BCUT2D eigenvalue weighted by molar-refractivity contribution is -0.145. The highest BCUT2D eigenvalue weighted by Crippen LogP contribution is 2.46. The number of pyridine rings is 1. The number of hydrogen-bond acceptors (Lipinski definition) is 4. The van der Waals surface area contributed by atoms with E-state index in [0.29, 0.717) is 5.39 Å². The molecule has 0 spiro atoms. The third-order valence-corrected chi connectivity index (χ3v) is 5.39. The summed E-state index contributed by atoms with van der Waals surface area (Å²) in [6.07, 6.45) is -0.0396. The molecule has 0 saturated carbocycles. The Balaban J connectivity index is 2.22. The molecule has 1 aromatic carbocycles. The highest BCUT2D eigenvalue weighted by Gasteiger charge is 2.45.